The number of hydrogen-bond donors (Lipinski definition) is 2. The molecule has 2 aromatic rings. The minimum absolute atomic E-state index is 0.0294. The third-order valence-corrected chi connectivity index (χ3v) is 5.19. The molecule has 7 heteroatoms. The summed E-state index contributed by atoms with van der Waals surface area (Å²) in [5.74, 6) is 0.168. The summed E-state index contributed by atoms with van der Waals surface area (Å²) >= 11 is 5.98. The van der Waals surface area contributed by atoms with Gasteiger partial charge in [-0.3, -0.25) is 9.59 Å². The van der Waals surface area contributed by atoms with Gasteiger partial charge in [0.05, 0.1) is 25.9 Å². The number of methoxy groups -OCH3 is 1. The van der Waals surface area contributed by atoms with E-state index in [0.717, 1.165) is 19.5 Å². The molecule has 1 atom stereocenters. The van der Waals surface area contributed by atoms with Gasteiger partial charge in [-0.15, -0.1) is 0 Å². The van der Waals surface area contributed by atoms with Crippen LogP contribution in [0, 0.1) is 0 Å². The van der Waals surface area contributed by atoms with Crippen LogP contribution in [0.4, 0.5) is 5.69 Å². The number of ether oxygens (including phenoxy) is 1. The van der Waals surface area contributed by atoms with Crippen LogP contribution >= 0.6 is 11.6 Å². The summed E-state index contributed by atoms with van der Waals surface area (Å²) in [5.41, 5.74) is 3.14. The summed E-state index contributed by atoms with van der Waals surface area (Å²) in [4.78, 5) is 27.6. The number of carbonyl (C=O) groups excluding carboxylic acids is 2. The standard InChI is InChI=1S/C21H24ClN3O3/c1-24(13-20(26)23-18-11-17(22)7-8-19(18)28-2)21(27)14-25-10-9-15-5-3-4-6-16(15)12-25/h3-8,11H,9-10,12-14H2,1-2H3,(H,23,26)/p+1. The van der Waals surface area contributed by atoms with E-state index in [1.54, 1.807) is 25.2 Å². The highest BCUT2D eigenvalue weighted by Gasteiger charge is 2.24. The number of likely N-dealkylation sites (N-methyl/N-ethyl adjacent to an activating group) is 1. The molecule has 2 N–H and O–H groups in total. The Balaban J connectivity index is 1.53. The zero-order chi connectivity index (χ0) is 20.1. The second kappa shape index (κ2) is 9.08. The zero-order valence-electron chi connectivity index (χ0n) is 16.1. The van der Waals surface area contributed by atoms with Gasteiger partial charge in [-0.25, -0.2) is 0 Å². The third kappa shape index (κ3) is 5.03. The van der Waals surface area contributed by atoms with E-state index < -0.39 is 0 Å². The highest BCUT2D eigenvalue weighted by molar-refractivity contribution is 6.31. The van der Waals surface area contributed by atoms with E-state index in [1.807, 2.05) is 6.07 Å². The maximum atomic E-state index is 12.6. The average Bonchev–Trinajstić information content (AvgIpc) is 2.68. The summed E-state index contributed by atoms with van der Waals surface area (Å²) in [6.07, 6.45) is 0.970. The van der Waals surface area contributed by atoms with Gasteiger partial charge >= 0.3 is 0 Å². The molecule has 0 fully saturated rings. The van der Waals surface area contributed by atoms with E-state index in [4.69, 9.17) is 16.3 Å². The first kappa shape index (κ1) is 20.2. The Morgan fingerprint density at radius 1 is 1.21 bits per heavy atom. The molecule has 0 bridgehead atoms. The first-order valence-electron chi connectivity index (χ1n) is 9.24. The molecule has 2 amide bonds. The predicted molar refractivity (Wildman–Crippen MR) is 109 cm³/mol. The van der Waals surface area contributed by atoms with E-state index in [-0.39, 0.29) is 18.4 Å². The molecular weight excluding hydrogens is 378 g/mol. The Hall–Kier alpha value is -2.57. The lowest BCUT2D eigenvalue weighted by Gasteiger charge is -2.27. The molecular formula is C21H25ClN3O3+. The van der Waals surface area contributed by atoms with Gasteiger partial charge in [0.2, 0.25) is 5.91 Å². The van der Waals surface area contributed by atoms with Crippen molar-refractivity contribution in [2.45, 2.75) is 13.0 Å². The van der Waals surface area contributed by atoms with Crippen LogP contribution < -0.4 is 15.0 Å². The highest BCUT2D eigenvalue weighted by Crippen LogP contribution is 2.27. The summed E-state index contributed by atoms with van der Waals surface area (Å²) in [7, 11) is 3.17. The number of nitrogens with one attached hydrogen (secondary N) is 2. The fourth-order valence-corrected chi connectivity index (χ4v) is 3.59. The van der Waals surface area contributed by atoms with Gasteiger partial charge in [-0.05, 0) is 23.8 Å². The number of anilines is 1. The molecule has 28 heavy (non-hydrogen) atoms. The number of halogens is 1. The van der Waals surface area contributed by atoms with Crippen LogP contribution in [-0.2, 0) is 22.6 Å². The number of quaternary nitrogens is 1. The van der Waals surface area contributed by atoms with Crippen molar-refractivity contribution in [1.82, 2.24) is 4.90 Å². The van der Waals surface area contributed by atoms with Crippen molar-refractivity contribution in [3.8, 4) is 5.75 Å². The smallest absolute Gasteiger partial charge is 0.277 e. The quantitative estimate of drug-likeness (QED) is 0.767. The lowest BCUT2D eigenvalue weighted by molar-refractivity contribution is -0.908. The second-order valence-corrected chi connectivity index (χ2v) is 7.45. The summed E-state index contributed by atoms with van der Waals surface area (Å²) in [6.45, 7) is 2.10. The molecule has 148 valence electrons. The van der Waals surface area contributed by atoms with Crippen LogP contribution in [0.15, 0.2) is 42.5 Å². The molecule has 0 saturated carbocycles. The SMILES string of the molecule is COc1ccc(Cl)cc1NC(=O)CN(C)C(=O)C[NH+]1CCc2ccccc2C1. The van der Waals surface area contributed by atoms with Crippen molar-refractivity contribution in [3.05, 3.63) is 58.6 Å². The highest BCUT2D eigenvalue weighted by atomic mass is 35.5. The molecule has 0 aromatic heterocycles. The maximum Gasteiger partial charge on any atom is 0.277 e. The third-order valence-electron chi connectivity index (χ3n) is 4.95. The molecule has 3 rings (SSSR count). The zero-order valence-corrected chi connectivity index (χ0v) is 16.9. The summed E-state index contributed by atoms with van der Waals surface area (Å²) < 4.78 is 5.23. The average molecular weight is 403 g/mol. The molecule has 6 nitrogen and oxygen atoms in total. The Kier molecular flexibility index (Phi) is 6.54. The molecule has 0 aliphatic carbocycles. The van der Waals surface area contributed by atoms with E-state index >= 15 is 0 Å². The van der Waals surface area contributed by atoms with Gasteiger partial charge in [0.1, 0.15) is 12.3 Å². The van der Waals surface area contributed by atoms with Gasteiger partial charge < -0.3 is 19.9 Å². The minimum atomic E-state index is -0.296. The van der Waals surface area contributed by atoms with Crippen molar-refractivity contribution in [2.24, 2.45) is 0 Å². The fraction of sp³-hybridized carbons (Fsp3) is 0.333. The Morgan fingerprint density at radius 2 is 1.96 bits per heavy atom. The van der Waals surface area contributed by atoms with Gasteiger partial charge in [0.25, 0.3) is 5.91 Å². The number of benzene rings is 2. The first-order chi connectivity index (χ1) is 13.5. The van der Waals surface area contributed by atoms with E-state index in [1.165, 1.54) is 28.0 Å². The van der Waals surface area contributed by atoms with Gasteiger partial charge in [0.15, 0.2) is 6.54 Å². The van der Waals surface area contributed by atoms with Crippen LogP contribution in [0.3, 0.4) is 0 Å². The van der Waals surface area contributed by atoms with Gasteiger partial charge in [-0.1, -0.05) is 35.9 Å². The molecule has 0 radical (unpaired) electrons. The Morgan fingerprint density at radius 3 is 2.71 bits per heavy atom. The van der Waals surface area contributed by atoms with Crippen LogP contribution in [0.5, 0.6) is 5.75 Å². The lowest BCUT2D eigenvalue weighted by atomic mass is 10.00. The number of hydrogen-bond acceptors (Lipinski definition) is 3. The van der Waals surface area contributed by atoms with Crippen LogP contribution in [0.25, 0.3) is 0 Å². The second-order valence-electron chi connectivity index (χ2n) is 7.01. The molecule has 1 aliphatic heterocycles. The Bertz CT molecular complexity index is 872. The fourth-order valence-electron chi connectivity index (χ4n) is 3.41. The molecule has 2 aromatic carbocycles. The molecule has 1 heterocycles. The molecule has 1 aliphatic rings. The van der Waals surface area contributed by atoms with E-state index in [0.29, 0.717) is 23.0 Å². The largest absolute Gasteiger partial charge is 0.495 e. The lowest BCUT2D eigenvalue weighted by Crippen LogP contribution is -3.12. The number of amides is 2. The van der Waals surface area contributed by atoms with Crippen LogP contribution in [-0.4, -0.2) is 50.5 Å². The molecule has 0 spiro atoms. The number of nitrogens with zero attached hydrogens (tertiary/aromatic N) is 1. The summed E-state index contributed by atoms with van der Waals surface area (Å²) in [5, 5.41) is 3.25. The monoisotopic (exact) mass is 402 g/mol. The normalized spacial score (nSPS) is 15.5. The first-order valence-corrected chi connectivity index (χ1v) is 9.61. The van der Waals surface area contributed by atoms with Crippen molar-refractivity contribution in [1.29, 1.82) is 0 Å². The molecule has 1 unspecified atom stereocenters. The van der Waals surface area contributed by atoms with Crippen molar-refractivity contribution >= 4 is 29.1 Å². The van der Waals surface area contributed by atoms with Gasteiger partial charge in [-0.2, -0.15) is 0 Å². The predicted octanol–water partition coefficient (Wildman–Crippen LogP) is 1.39. The van der Waals surface area contributed by atoms with Crippen LogP contribution in [0.2, 0.25) is 5.02 Å². The van der Waals surface area contributed by atoms with Crippen molar-refractivity contribution in [2.75, 3.05) is 39.1 Å². The van der Waals surface area contributed by atoms with Crippen molar-refractivity contribution < 1.29 is 19.2 Å². The van der Waals surface area contributed by atoms with E-state index in [9.17, 15) is 9.59 Å². The van der Waals surface area contributed by atoms with Crippen molar-refractivity contribution in [3.63, 3.8) is 0 Å². The van der Waals surface area contributed by atoms with Gasteiger partial charge in [0, 0.05) is 24.1 Å². The minimum Gasteiger partial charge on any atom is -0.495 e. The number of rotatable bonds is 6. The van der Waals surface area contributed by atoms with Crippen LogP contribution in [0.1, 0.15) is 11.1 Å². The summed E-state index contributed by atoms with van der Waals surface area (Å²) in [6, 6.07) is 13.3. The topological polar surface area (TPSA) is 63.1 Å². The maximum absolute atomic E-state index is 12.6. The Labute approximate surface area is 170 Å². The molecule has 0 saturated heterocycles. The van der Waals surface area contributed by atoms with E-state index in [2.05, 4.69) is 23.5 Å². The number of carbonyl (C=O) groups is 2. The number of fused-ring (bicyclic) bond motifs is 1.